The zero-order chi connectivity index (χ0) is 10.2. The quantitative estimate of drug-likeness (QED) is 0.361. The van der Waals surface area contributed by atoms with E-state index in [0.29, 0.717) is 0 Å². The zero-order valence-electron chi connectivity index (χ0n) is 9.00. The molecule has 0 amide bonds. The summed E-state index contributed by atoms with van der Waals surface area (Å²) in [6.07, 6.45) is 6.29. The normalized spacial score (nSPS) is 12.6. The van der Waals surface area contributed by atoms with E-state index >= 15 is 0 Å². The molecule has 0 radical (unpaired) electrons. The van der Waals surface area contributed by atoms with Crippen LogP contribution in [0.15, 0.2) is 12.2 Å². The van der Waals surface area contributed by atoms with Gasteiger partial charge in [-0.15, -0.1) is 0 Å². The predicted octanol–water partition coefficient (Wildman–Crippen LogP) is 2.22. The van der Waals surface area contributed by atoms with E-state index < -0.39 is 8.80 Å². The molecule has 0 saturated heterocycles. The lowest BCUT2D eigenvalue weighted by Crippen LogP contribution is -2.42. The van der Waals surface area contributed by atoms with Crippen molar-refractivity contribution in [3.05, 3.63) is 12.2 Å². The molecule has 0 aromatic rings. The van der Waals surface area contributed by atoms with Crippen LogP contribution < -0.4 is 0 Å². The van der Waals surface area contributed by atoms with Gasteiger partial charge < -0.3 is 13.3 Å². The molecule has 4 heteroatoms. The maximum Gasteiger partial charge on any atom is 0.500 e. The van der Waals surface area contributed by atoms with Gasteiger partial charge in [0, 0.05) is 27.4 Å². The molecule has 0 unspecified atom stereocenters. The third-order valence-corrected chi connectivity index (χ3v) is 4.85. The summed E-state index contributed by atoms with van der Waals surface area (Å²) in [5.41, 5.74) is 0. The monoisotopic (exact) mass is 204 g/mol. The van der Waals surface area contributed by atoms with E-state index in [9.17, 15) is 0 Å². The van der Waals surface area contributed by atoms with E-state index in [-0.39, 0.29) is 0 Å². The van der Waals surface area contributed by atoms with Crippen LogP contribution in [0.2, 0.25) is 6.04 Å². The van der Waals surface area contributed by atoms with Crippen molar-refractivity contribution in [2.45, 2.75) is 25.8 Å². The number of hydrogen-bond acceptors (Lipinski definition) is 3. The van der Waals surface area contributed by atoms with Crippen LogP contribution >= 0.6 is 0 Å². The Labute approximate surface area is 82.1 Å². The van der Waals surface area contributed by atoms with Crippen LogP contribution in [0.1, 0.15) is 19.8 Å². The van der Waals surface area contributed by atoms with Gasteiger partial charge in [-0.3, -0.25) is 0 Å². The fraction of sp³-hybridized carbons (Fsp3) is 0.778. The van der Waals surface area contributed by atoms with Crippen molar-refractivity contribution in [3.63, 3.8) is 0 Å². The molecule has 78 valence electrons. The molecule has 0 aliphatic carbocycles. The lowest BCUT2D eigenvalue weighted by Gasteiger charge is -2.23. The Morgan fingerprint density at radius 1 is 1.08 bits per heavy atom. The molecule has 0 rings (SSSR count). The second kappa shape index (κ2) is 7.26. The van der Waals surface area contributed by atoms with E-state index in [1.807, 2.05) is 6.92 Å². The van der Waals surface area contributed by atoms with Gasteiger partial charge in [-0.25, -0.2) is 0 Å². The van der Waals surface area contributed by atoms with Crippen LogP contribution in [0.25, 0.3) is 0 Å². The van der Waals surface area contributed by atoms with Gasteiger partial charge in [0.05, 0.1) is 0 Å². The molecule has 0 saturated carbocycles. The number of allylic oxidation sites excluding steroid dienone is 2. The van der Waals surface area contributed by atoms with Crippen molar-refractivity contribution >= 4 is 8.80 Å². The minimum Gasteiger partial charge on any atom is -0.377 e. The Balaban J connectivity index is 3.81. The Hall–Kier alpha value is -0.163. The van der Waals surface area contributed by atoms with E-state index in [0.717, 1.165) is 18.9 Å². The summed E-state index contributed by atoms with van der Waals surface area (Å²) >= 11 is 0. The zero-order valence-corrected chi connectivity index (χ0v) is 10.0. The van der Waals surface area contributed by atoms with E-state index in [4.69, 9.17) is 13.3 Å². The van der Waals surface area contributed by atoms with Crippen LogP contribution in [-0.2, 0) is 13.3 Å². The average Bonchev–Trinajstić information content (AvgIpc) is 2.20. The molecule has 0 aromatic heterocycles. The number of unbranched alkanes of at least 4 members (excludes halogenated alkanes) is 1. The first kappa shape index (κ1) is 12.8. The molecule has 0 heterocycles. The van der Waals surface area contributed by atoms with Gasteiger partial charge in [-0.1, -0.05) is 12.2 Å². The van der Waals surface area contributed by atoms with Gasteiger partial charge in [0.2, 0.25) is 0 Å². The molecular weight excluding hydrogens is 184 g/mol. The van der Waals surface area contributed by atoms with Gasteiger partial charge in [0.15, 0.2) is 0 Å². The minimum absolute atomic E-state index is 0.876. The summed E-state index contributed by atoms with van der Waals surface area (Å²) in [7, 11) is 2.64. The number of rotatable bonds is 7. The molecule has 0 atom stereocenters. The van der Waals surface area contributed by atoms with Gasteiger partial charge in [0.25, 0.3) is 0 Å². The van der Waals surface area contributed by atoms with Crippen molar-refractivity contribution in [2.24, 2.45) is 0 Å². The molecule has 0 N–H and O–H groups in total. The summed E-state index contributed by atoms with van der Waals surface area (Å²) in [6, 6.07) is 0.876. The van der Waals surface area contributed by atoms with Crippen molar-refractivity contribution < 1.29 is 13.3 Å². The summed E-state index contributed by atoms with van der Waals surface area (Å²) in [4.78, 5) is 0. The van der Waals surface area contributed by atoms with Gasteiger partial charge in [-0.2, -0.15) is 0 Å². The predicted molar refractivity (Wildman–Crippen MR) is 55.6 cm³/mol. The minimum atomic E-state index is -2.30. The highest BCUT2D eigenvalue weighted by Gasteiger charge is 2.36. The van der Waals surface area contributed by atoms with Crippen molar-refractivity contribution in [2.75, 3.05) is 21.3 Å². The molecule has 3 nitrogen and oxygen atoms in total. The Morgan fingerprint density at radius 2 is 1.62 bits per heavy atom. The molecule has 0 aliphatic heterocycles. The third-order valence-electron chi connectivity index (χ3n) is 2.02. The third kappa shape index (κ3) is 4.57. The van der Waals surface area contributed by atoms with Crippen LogP contribution in [0.5, 0.6) is 0 Å². The lowest BCUT2D eigenvalue weighted by molar-refractivity contribution is 0.123. The van der Waals surface area contributed by atoms with Crippen LogP contribution in [0.3, 0.4) is 0 Å². The smallest absolute Gasteiger partial charge is 0.377 e. The summed E-state index contributed by atoms with van der Waals surface area (Å²) in [5, 5.41) is 0. The first-order valence-electron chi connectivity index (χ1n) is 4.51. The fourth-order valence-electron chi connectivity index (χ4n) is 1.16. The Kier molecular flexibility index (Phi) is 7.17. The maximum absolute atomic E-state index is 5.29. The standard InChI is InChI=1S/C9H20O3Si/c1-5-6-7-8-9-13(10-2,11-3)12-4/h5-6H,7-9H2,1-4H3/b6-5+. The van der Waals surface area contributed by atoms with Gasteiger partial charge in [-0.05, 0) is 19.8 Å². The highest BCUT2D eigenvalue weighted by atomic mass is 28.4. The van der Waals surface area contributed by atoms with Crippen LogP contribution in [0, 0.1) is 0 Å². The Bertz CT molecular complexity index is 136. The van der Waals surface area contributed by atoms with E-state index in [1.165, 1.54) is 0 Å². The second-order valence-corrected chi connectivity index (χ2v) is 5.85. The summed E-state index contributed by atoms with van der Waals surface area (Å²) in [6.45, 7) is 2.02. The molecule has 0 aromatic carbocycles. The van der Waals surface area contributed by atoms with Crippen LogP contribution in [0.4, 0.5) is 0 Å². The molecule has 0 aliphatic rings. The lowest BCUT2D eigenvalue weighted by atomic mass is 10.3. The summed E-state index contributed by atoms with van der Waals surface area (Å²) < 4.78 is 15.9. The van der Waals surface area contributed by atoms with Crippen molar-refractivity contribution in [1.82, 2.24) is 0 Å². The largest absolute Gasteiger partial charge is 0.500 e. The first-order chi connectivity index (χ1) is 6.24. The average molecular weight is 204 g/mol. The molecule has 0 bridgehead atoms. The fourth-order valence-corrected chi connectivity index (χ4v) is 2.91. The SMILES string of the molecule is C/C=C/CCC[Si](OC)(OC)OC. The number of hydrogen-bond donors (Lipinski definition) is 0. The Morgan fingerprint density at radius 3 is 2.00 bits per heavy atom. The molecule has 0 spiro atoms. The second-order valence-electron chi connectivity index (χ2n) is 2.76. The van der Waals surface area contributed by atoms with Gasteiger partial charge >= 0.3 is 8.80 Å². The molecular formula is C9H20O3Si. The highest BCUT2D eigenvalue weighted by Crippen LogP contribution is 2.16. The van der Waals surface area contributed by atoms with E-state index in [2.05, 4.69) is 12.2 Å². The van der Waals surface area contributed by atoms with Crippen molar-refractivity contribution in [3.8, 4) is 0 Å². The first-order valence-corrected chi connectivity index (χ1v) is 6.44. The summed E-state index contributed by atoms with van der Waals surface area (Å²) in [5.74, 6) is 0. The maximum atomic E-state index is 5.29. The molecule has 13 heavy (non-hydrogen) atoms. The van der Waals surface area contributed by atoms with Crippen molar-refractivity contribution in [1.29, 1.82) is 0 Å². The topological polar surface area (TPSA) is 27.7 Å². The molecule has 0 fully saturated rings. The van der Waals surface area contributed by atoms with Crippen LogP contribution in [-0.4, -0.2) is 30.1 Å². The van der Waals surface area contributed by atoms with Gasteiger partial charge in [0.1, 0.15) is 0 Å². The highest BCUT2D eigenvalue weighted by molar-refractivity contribution is 6.60. The van der Waals surface area contributed by atoms with E-state index in [1.54, 1.807) is 21.3 Å².